The van der Waals surface area contributed by atoms with Crippen molar-refractivity contribution in [2.75, 3.05) is 0 Å². The number of aliphatic hydroxyl groups excluding tert-OH is 1. The summed E-state index contributed by atoms with van der Waals surface area (Å²) in [6.45, 7) is 1.55. The van der Waals surface area contributed by atoms with Crippen molar-refractivity contribution < 1.29 is 54.2 Å². The number of carboxylic acid groups (broad SMARTS) is 1. The van der Waals surface area contributed by atoms with E-state index in [-0.39, 0.29) is 47.2 Å². The molecule has 0 radical (unpaired) electrons. The van der Waals surface area contributed by atoms with Gasteiger partial charge in [-0.25, -0.2) is 0 Å². The molecule has 1 N–H and O–H groups in total. The number of hydrogen-bond acceptors (Lipinski definition) is 6. The maximum atomic E-state index is 12.3. The summed E-state index contributed by atoms with van der Waals surface area (Å²) >= 11 is 0. The van der Waals surface area contributed by atoms with Gasteiger partial charge in [-0.1, -0.05) is 41.6 Å². The van der Waals surface area contributed by atoms with E-state index >= 15 is 0 Å². The fourth-order valence-electron chi connectivity index (χ4n) is 4.68. The number of hydrogen-bond donors (Lipinski definition) is 1. The molecule has 3 heterocycles. The van der Waals surface area contributed by atoms with E-state index in [4.69, 9.17) is 4.84 Å². The van der Waals surface area contributed by atoms with Crippen molar-refractivity contribution in [3.63, 3.8) is 0 Å². The number of carbonyl (C=O) groups excluding carboxylic acids is 2. The number of rotatable bonds is 4. The van der Waals surface area contributed by atoms with Crippen molar-refractivity contribution in [3.05, 3.63) is 59.3 Å². The molecule has 0 unspecified atom stereocenters. The number of carbonyl (C=O) groups is 2. The maximum Gasteiger partial charge on any atom is 1.00 e. The first-order chi connectivity index (χ1) is 14.0. The minimum atomic E-state index is -1.40. The second-order valence-corrected chi connectivity index (χ2v) is 7.81. The van der Waals surface area contributed by atoms with Crippen molar-refractivity contribution in [2.24, 2.45) is 11.1 Å². The van der Waals surface area contributed by atoms with E-state index < -0.39 is 24.1 Å². The van der Waals surface area contributed by atoms with Crippen LogP contribution >= 0.6 is 0 Å². The molecule has 30 heavy (non-hydrogen) atoms. The molecule has 2 aromatic rings. The summed E-state index contributed by atoms with van der Waals surface area (Å²) in [5.74, 6) is -2.38. The zero-order chi connectivity index (χ0) is 20.3. The smallest absolute Gasteiger partial charge is 0.543 e. The monoisotopic (exact) mass is 414 g/mol. The average Bonchev–Trinajstić information content (AvgIpc) is 3.30. The van der Waals surface area contributed by atoms with E-state index in [0.717, 1.165) is 22.0 Å². The van der Waals surface area contributed by atoms with Gasteiger partial charge in [-0.3, -0.25) is 4.79 Å². The Morgan fingerprint density at radius 3 is 2.67 bits per heavy atom. The molecule has 2 aromatic carbocycles. The minimum Gasteiger partial charge on any atom is -0.543 e. The van der Waals surface area contributed by atoms with Crippen molar-refractivity contribution in [3.8, 4) is 0 Å². The fourth-order valence-corrected chi connectivity index (χ4v) is 4.68. The fraction of sp³-hybridized carbons (Fsp3) is 0.318. The van der Waals surface area contributed by atoms with Crippen molar-refractivity contribution in [1.82, 2.24) is 4.90 Å². The Kier molecular flexibility index (Phi) is 5.48. The Labute approximate surface area is 195 Å². The van der Waals surface area contributed by atoms with Crippen LogP contribution in [0.1, 0.15) is 25.3 Å². The van der Waals surface area contributed by atoms with Crippen LogP contribution in [0, 0.1) is 5.92 Å². The summed E-state index contributed by atoms with van der Waals surface area (Å²) in [5.41, 5.74) is 2.03. The van der Waals surface area contributed by atoms with Gasteiger partial charge < -0.3 is 24.7 Å². The van der Waals surface area contributed by atoms with Gasteiger partial charge in [-0.15, -0.1) is 0 Å². The first-order valence-corrected chi connectivity index (χ1v) is 9.63. The zero-order valence-corrected chi connectivity index (χ0v) is 18.7. The minimum absolute atomic E-state index is 0. The second-order valence-electron chi connectivity index (χ2n) is 7.81. The summed E-state index contributed by atoms with van der Waals surface area (Å²) in [7, 11) is 0. The van der Waals surface area contributed by atoms with Crippen LogP contribution < -0.4 is 34.7 Å². The molecule has 0 bridgehead atoms. The third-order valence-corrected chi connectivity index (χ3v) is 6.10. The zero-order valence-electron chi connectivity index (χ0n) is 16.7. The molecule has 8 heteroatoms. The number of β-lactam (4-membered cyclic amide) rings is 1. The average molecular weight is 414 g/mol. The molecule has 1 saturated heterocycles. The van der Waals surface area contributed by atoms with Gasteiger partial charge in [-0.05, 0) is 30.2 Å². The first kappa shape index (κ1) is 21.1. The van der Waals surface area contributed by atoms with Gasteiger partial charge in [0.2, 0.25) is 5.91 Å². The largest absolute Gasteiger partial charge is 1.00 e. The number of benzene rings is 2. The van der Waals surface area contributed by atoms with E-state index in [0.29, 0.717) is 18.4 Å². The molecule has 0 spiro atoms. The molecule has 3 aliphatic rings. The maximum absolute atomic E-state index is 12.3. The number of fused-ring (bicyclic) bond motifs is 2. The Morgan fingerprint density at radius 1 is 1.23 bits per heavy atom. The van der Waals surface area contributed by atoms with Gasteiger partial charge in [-0.2, -0.15) is 0 Å². The Bertz CT molecular complexity index is 1110. The summed E-state index contributed by atoms with van der Waals surface area (Å²) in [4.78, 5) is 30.9. The molecular formula is C22H19N2NaO5. The van der Waals surface area contributed by atoms with E-state index in [9.17, 15) is 19.8 Å². The molecule has 3 aliphatic heterocycles. The molecule has 1 fully saturated rings. The normalized spacial score (nSPS) is 25.9. The van der Waals surface area contributed by atoms with E-state index in [2.05, 4.69) is 5.16 Å². The summed E-state index contributed by atoms with van der Waals surface area (Å²) in [6.07, 6.45) is -0.633. The molecule has 0 aromatic heterocycles. The van der Waals surface area contributed by atoms with Gasteiger partial charge in [0.05, 0.1) is 35.4 Å². The van der Waals surface area contributed by atoms with Crippen molar-refractivity contribution in [2.45, 2.75) is 38.0 Å². The van der Waals surface area contributed by atoms with Crippen LogP contribution in [0.25, 0.3) is 10.8 Å². The van der Waals surface area contributed by atoms with E-state index in [1.54, 1.807) is 6.92 Å². The number of nitrogens with zero attached hydrogens (tertiary/aromatic N) is 2. The molecule has 7 nitrogen and oxygen atoms in total. The number of aliphatic hydroxyl groups is 1. The van der Waals surface area contributed by atoms with Crippen LogP contribution in [0.15, 0.2) is 58.9 Å². The predicted molar refractivity (Wildman–Crippen MR) is 102 cm³/mol. The van der Waals surface area contributed by atoms with Gasteiger partial charge in [0.25, 0.3) is 0 Å². The number of carboxylic acids is 1. The summed E-state index contributed by atoms with van der Waals surface area (Å²) in [5, 5.41) is 28.0. The van der Waals surface area contributed by atoms with E-state index in [1.807, 2.05) is 42.5 Å². The molecule has 0 saturated carbocycles. The topological polar surface area (TPSA) is 102 Å². The number of amides is 1. The first-order valence-electron chi connectivity index (χ1n) is 9.63. The molecule has 5 rings (SSSR count). The Balaban J connectivity index is 0.00000218. The van der Waals surface area contributed by atoms with Crippen LogP contribution in [-0.4, -0.2) is 45.8 Å². The van der Waals surface area contributed by atoms with Gasteiger partial charge in [0.1, 0.15) is 0 Å². The van der Waals surface area contributed by atoms with Crippen LogP contribution in [0.5, 0.6) is 0 Å². The SMILES string of the molecule is C[C@@H](O)[C@H]1C(=O)N2C(C(=O)[O-])=C([C@H]3CC(c4ccc5ccccc5c4)=NO3)C[C@H]12.[Na+]. The third-order valence-electron chi connectivity index (χ3n) is 6.10. The molecular weight excluding hydrogens is 395 g/mol. The van der Waals surface area contributed by atoms with Crippen LogP contribution in [0.2, 0.25) is 0 Å². The second kappa shape index (κ2) is 7.81. The third kappa shape index (κ3) is 3.17. The number of aliphatic carboxylic acids is 1. The summed E-state index contributed by atoms with van der Waals surface area (Å²) in [6, 6.07) is 13.7. The summed E-state index contributed by atoms with van der Waals surface area (Å²) < 4.78 is 0. The van der Waals surface area contributed by atoms with E-state index in [1.165, 1.54) is 4.90 Å². The van der Waals surface area contributed by atoms with Gasteiger partial charge in [0.15, 0.2) is 6.10 Å². The Hall–Kier alpha value is -2.19. The molecule has 1 amide bonds. The van der Waals surface area contributed by atoms with Crippen LogP contribution in [0.3, 0.4) is 0 Å². The van der Waals surface area contributed by atoms with Crippen molar-refractivity contribution >= 4 is 28.4 Å². The van der Waals surface area contributed by atoms with Gasteiger partial charge >= 0.3 is 29.6 Å². The molecule has 4 atom stereocenters. The quantitative estimate of drug-likeness (QED) is 0.459. The van der Waals surface area contributed by atoms with Crippen LogP contribution in [0.4, 0.5) is 0 Å². The molecule has 0 aliphatic carbocycles. The van der Waals surface area contributed by atoms with Crippen LogP contribution in [-0.2, 0) is 14.4 Å². The predicted octanol–water partition coefficient (Wildman–Crippen LogP) is -2.05. The van der Waals surface area contributed by atoms with Crippen molar-refractivity contribution in [1.29, 1.82) is 0 Å². The number of oxime groups is 1. The van der Waals surface area contributed by atoms with Gasteiger partial charge in [0, 0.05) is 17.6 Å². The Morgan fingerprint density at radius 2 is 1.97 bits per heavy atom. The standard InChI is InChI=1S/C22H20N2O5.Na/c1-11(25)19-17-9-15(20(22(27)28)24(17)21(19)26)18-10-16(23-29-18)14-7-6-12-4-2-3-5-13(12)8-14;/h2-8,11,17-19,25H,9-10H2,1H3,(H,27,28);/q;+1/p-1/t11-,17-,18-,19-;/m1./s1. The molecule has 148 valence electrons.